The highest BCUT2D eigenvalue weighted by molar-refractivity contribution is 7.99. The van der Waals surface area contributed by atoms with Gasteiger partial charge in [-0.15, -0.1) is 0 Å². The van der Waals surface area contributed by atoms with E-state index in [4.69, 9.17) is 0 Å². The third kappa shape index (κ3) is 2.67. The summed E-state index contributed by atoms with van der Waals surface area (Å²) in [5.41, 5.74) is 2.08. The van der Waals surface area contributed by atoms with E-state index in [-0.39, 0.29) is 0 Å². The Balaban J connectivity index is 2.12. The highest BCUT2D eigenvalue weighted by Crippen LogP contribution is 2.26. The van der Waals surface area contributed by atoms with Gasteiger partial charge < -0.3 is 10.4 Å². The van der Waals surface area contributed by atoms with Gasteiger partial charge >= 0.3 is 0 Å². The maximum absolute atomic E-state index is 9.63. The summed E-state index contributed by atoms with van der Waals surface area (Å²) in [6.45, 7) is 1.81. The smallest absolute Gasteiger partial charge is 0.0781 e. The second-order valence-corrected chi connectivity index (χ2v) is 5.12. The van der Waals surface area contributed by atoms with Crippen LogP contribution in [0.2, 0.25) is 0 Å². The number of nitrogens with one attached hydrogen (secondary N) is 1. The van der Waals surface area contributed by atoms with Crippen molar-refractivity contribution in [1.29, 1.82) is 0 Å². The van der Waals surface area contributed by atoms with Gasteiger partial charge in [-0.2, -0.15) is 11.8 Å². The number of hydrogen-bond donors (Lipinski definition) is 2. The minimum absolute atomic E-state index is 0.400. The highest BCUT2D eigenvalue weighted by Gasteiger charge is 2.16. The fraction of sp³-hybridized carbons (Fsp3) is 0.500. The van der Waals surface area contributed by atoms with Gasteiger partial charge in [-0.1, -0.05) is 18.2 Å². The molecule has 82 valence electrons. The van der Waals surface area contributed by atoms with E-state index in [1.54, 1.807) is 0 Å². The van der Waals surface area contributed by atoms with E-state index in [0.717, 1.165) is 11.3 Å². The number of thioether (sulfide) groups is 1. The minimum Gasteiger partial charge on any atom is -0.389 e. The van der Waals surface area contributed by atoms with Crippen molar-refractivity contribution in [3.63, 3.8) is 0 Å². The zero-order valence-electron chi connectivity index (χ0n) is 8.94. The molecular weight excluding hydrogens is 206 g/mol. The van der Waals surface area contributed by atoms with Gasteiger partial charge in [0, 0.05) is 23.0 Å². The SMILES string of the molecule is CC(O)c1ccccc1NC1CCSC1. The summed E-state index contributed by atoms with van der Waals surface area (Å²) in [7, 11) is 0. The Morgan fingerprint density at radius 3 is 2.93 bits per heavy atom. The van der Waals surface area contributed by atoms with Gasteiger partial charge in [-0.05, 0) is 25.2 Å². The standard InChI is InChI=1S/C12H17NOS/c1-9(14)11-4-2-3-5-12(11)13-10-6-7-15-8-10/h2-5,9-10,13-14H,6-8H2,1H3. The Morgan fingerprint density at radius 2 is 2.27 bits per heavy atom. The summed E-state index contributed by atoms with van der Waals surface area (Å²) < 4.78 is 0. The zero-order valence-corrected chi connectivity index (χ0v) is 9.76. The van der Waals surface area contributed by atoms with Crippen LogP contribution >= 0.6 is 11.8 Å². The van der Waals surface area contributed by atoms with Crippen LogP contribution in [0.5, 0.6) is 0 Å². The van der Waals surface area contributed by atoms with Crippen molar-refractivity contribution >= 4 is 17.4 Å². The summed E-state index contributed by atoms with van der Waals surface area (Å²) in [5.74, 6) is 2.42. The third-order valence-electron chi connectivity index (χ3n) is 2.70. The molecule has 1 aromatic rings. The lowest BCUT2D eigenvalue weighted by Gasteiger charge is -2.17. The summed E-state index contributed by atoms with van der Waals surface area (Å²) in [5, 5.41) is 13.1. The lowest BCUT2D eigenvalue weighted by Crippen LogP contribution is -2.19. The lowest BCUT2D eigenvalue weighted by molar-refractivity contribution is 0.200. The molecule has 3 heteroatoms. The first-order valence-corrected chi connectivity index (χ1v) is 6.54. The fourth-order valence-electron chi connectivity index (χ4n) is 1.86. The minimum atomic E-state index is -0.400. The molecule has 1 aliphatic rings. The van der Waals surface area contributed by atoms with Crippen LogP contribution in [0.25, 0.3) is 0 Å². The number of para-hydroxylation sites is 1. The highest BCUT2D eigenvalue weighted by atomic mass is 32.2. The van der Waals surface area contributed by atoms with Crippen molar-refractivity contribution in [3.05, 3.63) is 29.8 Å². The van der Waals surface area contributed by atoms with E-state index in [1.807, 2.05) is 43.0 Å². The van der Waals surface area contributed by atoms with Crippen molar-refractivity contribution < 1.29 is 5.11 Å². The molecule has 0 radical (unpaired) electrons. The molecule has 1 aliphatic heterocycles. The van der Waals surface area contributed by atoms with Crippen molar-refractivity contribution in [3.8, 4) is 0 Å². The molecule has 15 heavy (non-hydrogen) atoms. The van der Waals surface area contributed by atoms with Crippen LogP contribution in [0.3, 0.4) is 0 Å². The molecule has 1 aromatic carbocycles. The Labute approximate surface area is 95.1 Å². The van der Waals surface area contributed by atoms with E-state index in [9.17, 15) is 5.11 Å². The van der Waals surface area contributed by atoms with Crippen LogP contribution < -0.4 is 5.32 Å². The molecule has 0 amide bonds. The normalized spacial score (nSPS) is 22.7. The molecule has 1 fully saturated rings. The average molecular weight is 223 g/mol. The molecule has 0 saturated carbocycles. The largest absolute Gasteiger partial charge is 0.389 e. The number of hydrogen-bond acceptors (Lipinski definition) is 3. The third-order valence-corrected chi connectivity index (χ3v) is 3.86. The van der Waals surface area contributed by atoms with E-state index >= 15 is 0 Å². The Bertz CT molecular complexity index is 321. The predicted molar refractivity (Wildman–Crippen MR) is 66.4 cm³/mol. The molecule has 2 N–H and O–H groups in total. The van der Waals surface area contributed by atoms with Crippen LogP contribution in [-0.2, 0) is 0 Å². The topological polar surface area (TPSA) is 32.3 Å². The van der Waals surface area contributed by atoms with Gasteiger partial charge in [0.25, 0.3) is 0 Å². The van der Waals surface area contributed by atoms with Crippen molar-refractivity contribution in [2.45, 2.75) is 25.5 Å². The molecule has 0 spiro atoms. The van der Waals surface area contributed by atoms with Crippen molar-refractivity contribution in [2.24, 2.45) is 0 Å². The molecule has 0 bridgehead atoms. The number of aliphatic hydroxyl groups is 1. The molecule has 0 aromatic heterocycles. The van der Waals surface area contributed by atoms with Crippen LogP contribution in [0.15, 0.2) is 24.3 Å². The second kappa shape index (κ2) is 4.90. The van der Waals surface area contributed by atoms with Crippen LogP contribution in [-0.4, -0.2) is 22.7 Å². The van der Waals surface area contributed by atoms with Gasteiger partial charge in [0.2, 0.25) is 0 Å². The number of anilines is 1. The first kappa shape index (κ1) is 10.8. The summed E-state index contributed by atoms with van der Waals surface area (Å²) in [6, 6.07) is 8.57. The zero-order chi connectivity index (χ0) is 10.7. The van der Waals surface area contributed by atoms with Crippen LogP contribution in [0, 0.1) is 0 Å². The fourth-order valence-corrected chi connectivity index (χ4v) is 3.01. The average Bonchev–Trinajstić information content (AvgIpc) is 2.71. The maximum atomic E-state index is 9.63. The first-order valence-electron chi connectivity index (χ1n) is 5.38. The van der Waals surface area contributed by atoms with Crippen molar-refractivity contribution in [2.75, 3.05) is 16.8 Å². The molecule has 2 unspecified atom stereocenters. The van der Waals surface area contributed by atoms with Gasteiger partial charge in [0.05, 0.1) is 6.10 Å². The van der Waals surface area contributed by atoms with Crippen LogP contribution in [0.4, 0.5) is 5.69 Å². The number of aliphatic hydroxyl groups excluding tert-OH is 1. The van der Waals surface area contributed by atoms with Gasteiger partial charge in [-0.3, -0.25) is 0 Å². The summed E-state index contributed by atoms with van der Waals surface area (Å²) in [4.78, 5) is 0. The number of rotatable bonds is 3. The molecule has 2 atom stereocenters. The molecule has 1 saturated heterocycles. The molecular formula is C12H17NOS. The summed E-state index contributed by atoms with van der Waals surface area (Å²) >= 11 is 1.99. The Kier molecular flexibility index (Phi) is 3.54. The predicted octanol–water partition coefficient (Wildman–Crippen LogP) is 2.66. The monoisotopic (exact) mass is 223 g/mol. The van der Waals surface area contributed by atoms with Gasteiger partial charge in [-0.25, -0.2) is 0 Å². The maximum Gasteiger partial charge on any atom is 0.0781 e. The van der Waals surface area contributed by atoms with Gasteiger partial charge in [0.15, 0.2) is 0 Å². The molecule has 1 heterocycles. The molecule has 0 aliphatic carbocycles. The van der Waals surface area contributed by atoms with Gasteiger partial charge in [0.1, 0.15) is 0 Å². The Morgan fingerprint density at radius 1 is 1.47 bits per heavy atom. The molecule has 2 rings (SSSR count). The number of benzene rings is 1. The van der Waals surface area contributed by atoms with E-state index in [1.165, 1.54) is 17.9 Å². The van der Waals surface area contributed by atoms with Crippen LogP contribution in [0.1, 0.15) is 25.0 Å². The Hall–Kier alpha value is -0.670. The van der Waals surface area contributed by atoms with E-state index in [0.29, 0.717) is 6.04 Å². The lowest BCUT2D eigenvalue weighted by atomic mass is 10.1. The van der Waals surface area contributed by atoms with E-state index < -0.39 is 6.10 Å². The first-order chi connectivity index (χ1) is 7.27. The van der Waals surface area contributed by atoms with Crippen molar-refractivity contribution in [1.82, 2.24) is 0 Å². The quantitative estimate of drug-likeness (QED) is 0.826. The van der Waals surface area contributed by atoms with E-state index in [2.05, 4.69) is 5.32 Å². The molecule has 2 nitrogen and oxygen atoms in total. The summed E-state index contributed by atoms with van der Waals surface area (Å²) in [6.07, 6.45) is 0.821. The second-order valence-electron chi connectivity index (χ2n) is 3.97.